The minimum atomic E-state index is -0.957. The Morgan fingerprint density at radius 2 is 1.67 bits per heavy atom. The van der Waals surface area contributed by atoms with E-state index in [9.17, 15) is 22.8 Å². The number of nitrogens with one attached hydrogen (secondary N) is 2. The van der Waals surface area contributed by atoms with Crippen molar-refractivity contribution in [2.45, 2.75) is 11.3 Å². The Morgan fingerprint density at radius 1 is 0.917 bits per heavy atom. The highest BCUT2D eigenvalue weighted by Crippen LogP contribution is 2.20. The summed E-state index contributed by atoms with van der Waals surface area (Å²) >= 11 is 1.16. The Balaban J connectivity index is 1.74. The van der Waals surface area contributed by atoms with Gasteiger partial charge in [-0.3, -0.25) is 20.4 Å². The van der Waals surface area contributed by atoms with E-state index in [4.69, 9.17) is 0 Å². The Kier molecular flexibility index (Phi) is 6.25. The first-order valence-electron chi connectivity index (χ1n) is 6.89. The van der Waals surface area contributed by atoms with Crippen LogP contribution in [0.5, 0.6) is 0 Å². The lowest BCUT2D eigenvalue weighted by Gasteiger charge is -2.08. The molecule has 2 aromatic carbocycles. The minimum Gasteiger partial charge on any atom is -0.273 e. The van der Waals surface area contributed by atoms with Crippen molar-refractivity contribution in [1.82, 2.24) is 10.9 Å². The van der Waals surface area contributed by atoms with Crippen LogP contribution in [0.4, 0.5) is 13.2 Å². The highest BCUT2D eigenvalue weighted by atomic mass is 32.2. The molecule has 24 heavy (non-hydrogen) atoms. The van der Waals surface area contributed by atoms with Crippen LogP contribution in [0.2, 0.25) is 0 Å². The normalized spacial score (nSPS) is 10.3. The van der Waals surface area contributed by atoms with Crippen molar-refractivity contribution in [3.8, 4) is 0 Å². The van der Waals surface area contributed by atoms with Crippen molar-refractivity contribution in [3.63, 3.8) is 0 Å². The van der Waals surface area contributed by atoms with E-state index >= 15 is 0 Å². The molecule has 0 radical (unpaired) electrons. The molecule has 0 unspecified atom stereocenters. The van der Waals surface area contributed by atoms with Crippen LogP contribution in [0.1, 0.15) is 16.8 Å². The Bertz CT molecular complexity index is 756. The predicted octanol–water partition coefficient (Wildman–Crippen LogP) is 3.05. The van der Waals surface area contributed by atoms with Gasteiger partial charge in [-0.15, -0.1) is 11.8 Å². The fourth-order valence-electron chi connectivity index (χ4n) is 1.73. The van der Waals surface area contributed by atoms with Crippen LogP contribution in [0.25, 0.3) is 0 Å². The number of amides is 2. The number of rotatable bonds is 5. The van der Waals surface area contributed by atoms with Crippen molar-refractivity contribution in [2.75, 3.05) is 5.75 Å². The lowest BCUT2D eigenvalue weighted by Crippen LogP contribution is -2.42. The Hall–Kier alpha value is -2.48. The summed E-state index contributed by atoms with van der Waals surface area (Å²) in [5.41, 5.74) is 4.08. The zero-order chi connectivity index (χ0) is 17.5. The number of hydrogen-bond donors (Lipinski definition) is 2. The molecule has 0 aliphatic rings. The van der Waals surface area contributed by atoms with Crippen molar-refractivity contribution in [1.29, 1.82) is 0 Å². The van der Waals surface area contributed by atoms with Gasteiger partial charge in [-0.2, -0.15) is 0 Å². The quantitative estimate of drug-likeness (QED) is 0.641. The molecule has 0 aromatic heterocycles. The average Bonchev–Trinajstić information content (AvgIpc) is 2.56. The summed E-state index contributed by atoms with van der Waals surface area (Å²) in [6, 6.07) is 8.81. The molecular weight excluding hydrogens is 341 g/mol. The first-order valence-corrected chi connectivity index (χ1v) is 7.87. The molecule has 0 bridgehead atoms. The number of thioether (sulfide) groups is 1. The molecule has 0 fully saturated rings. The minimum absolute atomic E-state index is 0.0290. The van der Waals surface area contributed by atoms with Gasteiger partial charge in [-0.25, -0.2) is 13.2 Å². The van der Waals surface area contributed by atoms with Gasteiger partial charge in [0.1, 0.15) is 5.82 Å². The molecule has 0 heterocycles. The van der Waals surface area contributed by atoms with Gasteiger partial charge in [0.05, 0.1) is 5.56 Å². The molecule has 0 aliphatic heterocycles. The first kappa shape index (κ1) is 17.9. The van der Waals surface area contributed by atoms with E-state index in [1.165, 1.54) is 24.3 Å². The van der Waals surface area contributed by atoms with Gasteiger partial charge in [0.25, 0.3) is 5.91 Å². The molecule has 2 rings (SSSR count). The predicted molar refractivity (Wildman–Crippen MR) is 83.7 cm³/mol. The van der Waals surface area contributed by atoms with E-state index in [1.54, 1.807) is 0 Å². The maximum absolute atomic E-state index is 13.4. The molecule has 126 valence electrons. The molecule has 0 atom stereocenters. The second-order valence-corrected chi connectivity index (χ2v) is 5.82. The van der Waals surface area contributed by atoms with Gasteiger partial charge >= 0.3 is 0 Å². The molecule has 0 aliphatic carbocycles. The first-order chi connectivity index (χ1) is 11.5. The fraction of sp³-hybridized carbons (Fsp3) is 0.125. The largest absolute Gasteiger partial charge is 0.273 e. The molecule has 0 saturated carbocycles. The molecule has 4 nitrogen and oxygen atoms in total. The van der Waals surface area contributed by atoms with Gasteiger partial charge in [0, 0.05) is 17.1 Å². The average molecular weight is 354 g/mol. The number of hydrogen-bond acceptors (Lipinski definition) is 3. The van der Waals surface area contributed by atoms with Crippen LogP contribution < -0.4 is 10.9 Å². The maximum Gasteiger partial charge on any atom is 0.272 e. The van der Waals surface area contributed by atoms with Gasteiger partial charge in [-0.05, 0) is 30.3 Å². The van der Waals surface area contributed by atoms with Gasteiger partial charge in [-0.1, -0.05) is 12.1 Å². The topological polar surface area (TPSA) is 58.2 Å². The van der Waals surface area contributed by atoms with Crippen molar-refractivity contribution >= 4 is 23.6 Å². The summed E-state index contributed by atoms with van der Waals surface area (Å²) in [5.74, 6) is -3.55. The van der Waals surface area contributed by atoms with Crippen LogP contribution in [0.15, 0.2) is 47.4 Å². The van der Waals surface area contributed by atoms with Crippen LogP contribution in [-0.4, -0.2) is 17.6 Å². The summed E-state index contributed by atoms with van der Waals surface area (Å²) in [4.78, 5) is 23.8. The summed E-state index contributed by atoms with van der Waals surface area (Å²) in [7, 11) is 0. The molecule has 2 amide bonds. The fourth-order valence-corrected chi connectivity index (χ4v) is 2.60. The lowest BCUT2D eigenvalue weighted by molar-refractivity contribution is -0.121. The highest BCUT2D eigenvalue weighted by molar-refractivity contribution is 7.99. The summed E-state index contributed by atoms with van der Waals surface area (Å²) in [5, 5.41) is 0. The third kappa shape index (κ3) is 5.02. The number of benzene rings is 2. The van der Waals surface area contributed by atoms with Crippen LogP contribution in [-0.2, 0) is 4.79 Å². The molecule has 0 spiro atoms. The van der Waals surface area contributed by atoms with E-state index in [1.807, 2.05) is 0 Å². The van der Waals surface area contributed by atoms with Crippen molar-refractivity contribution in [3.05, 3.63) is 65.5 Å². The van der Waals surface area contributed by atoms with Crippen molar-refractivity contribution in [2.24, 2.45) is 0 Å². The third-order valence-corrected chi connectivity index (χ3v) is 3.92. The molecule has 0 saturated heterocycles. The maximum atomic E-state index is 13.4. The SMILES string of the molecule is O=C(CCSc1ccc(F)c(F)c1)NNC(=O)c1ccccc1F. The third-order valence-electron chi connectivity index (χ3n) is 2.92. The van der Waals surface area contributed by atoms with Crippen LogP contribution in [0, 0.1) is 17.5 Å². The zero-order valence-corrected chi connectivity index (χ0v) is 13.1. The van der Waals surface area contributed by atoms with Gasteiger partial charge in [0.2, 0.25) is 5.91 Å². The monoisotopic (exact) mass is 354 g/mol. The van der Waals surface area contributed by atoms with E-state index in [-0.39, 0.29) is 12.0 Å². The Morgan fingerprint density at radius 3 is 2.38 bits per heavy atom. The van der Waals surface area contributed by atoms with Gasteiger partial charge < -0.3 is 0 Å². The number of halogens is 3. The van der Waals surface area contributed by atoms with E-state index in [2.05, 4.69) is 10.9 Å². The standard InChI is InChI=1S/C16H13F3N2O2S/c17-12-4-2-1-3-11(12)16(23)21-20-15(22)7-8-24-10-5-6-13(18)14(19)9-10/h1-6,9H,7-8H2,(H,20,22)(H,21,23). The zero-order valence-electron chi connectivity index (χ0n) is 12.3. The molecule has 2 aromatic rings. The Labute approximate surface area is 140 Å². The van der Waals surface area contributed by atoms with E-state index in [0.29, 0.717) is 10.6 Å². The lowest BCUT2D eigenvalue weighted by atomic mass is 10.2. The van der Waals surface area contributed by atoms with Crippen molar-refractivity contribution < 1.29 is 22.8 Å². The number of carbonyl (C=O) groups excluding carboxylic acids is 2. The highest BCUT2D eigenvalue weighted by Gasteiger charge is 2.11. The smallest absolute Gasteiger partial charge is 0.272 e. The van der Waals surface area contributed by atoms with Crippen LogP contribution in [0.3, 0.4) is 0 Å². The molecule has 8 heteroatoms. The van der Waals surface area contributed by atoms with E-state index in [0.717, 1.165) is 30.0 Å². The summed E-state index contributed by atoms with van der Waals surface area (Å²) in [6.07, 6.45) is 0.0290. The van der Waals surface area contributed by atoms with Gasteiger partial charge in [0.15, 0.2) is 11.6 Å². The summed E-state index contributed by atoms with van der Waals surface area (Å²) in [6.45, 7) is 0. The second-order valence-electron chi connectivity index (χ2n) is 4.66. The molecule has 2 N–H and O–H groups in total. The van der Waals surface area contributed by atoms with Crippen LogP contribution >= 0.6 is 11.8 Å². The number of carbonyl (C=O) groups is 2. The molecular formula is C16H13F3N2O2S. The number of hydrazine groups is 1. The second kappa shape index (κ2) is 8.39. The summed E-state index contributed by atoms with van der Waals surface area (Å²) < 4.78 is 39.2. The van der Waals surface area contributed by atoms with E-state index < -0.39 is 29.3 Å².